The van der Waals surface area contributed by atoms with Crippen LogP contribution in [0.5, 0.6) is 0 Å². The van der Waals surface area contributed by atoms with Crippen LogP contribution in [0.4, 0.5) is 0 Å². The van der Waals surface area contributed by atoms with Gasteiger partial charge in [0.2, 0.25) is 0 Å². The Balaban J connectivity index is 2.55. The molecular formula is C10H16O. The summed E-state index contributed by atoms with van der Waals surface area (Å²) in [4.78, 5) is 10.2. The van der Waals surface area contributed by atoms with Crippen molar-refractivity contribution in [2.75, 3.05) is 0 Å². The molecular weight excluding hydrogens is 136 g/mol. The maximum absolute atomic E-state index is 10.2. The van der Waals surface area contributed by atoms with Crippen molar-refractivity contribution < 1.29 is 4.79 Å². The molecule has 0 bridgehead atoms. The van der Waals surface area contributed by atoms with Gasteiger partial charge in [0.25, 0.3) is 0 Å². The molecule has 1 aliphatic carbocycles. The summed E-state index contributed by atoms with van der Waals surface area (Å²) < 4.78 is 0. The number of hydrogen-bond acceptors (Lipinski definition) is 1. The van der Waals surface area contributed by atoms with E-state index in [1.54, 1.807) is 0 Å². The van der Waals surface area contributed by atoms with Crippen molar-refractivity contribution >= 4 is 6.29 Å². The van der Waals surface area contributed by atoms with E-state index in [0.717, 1.165) is 19.1 Å². The molecule has 62 valence electrons. The van der Waals surface area contributed by atoms with Crippen LogP contribution >= 0.6 is 0 Å². The summed E-state index contributed by atoms with van der Waals surface area (Å²) in [6, 6.07) is 0. The van der Waals surface area contributed by atoms with Crippen molar-refractivity contribution in [1.82, 2.24) is 0 Å². The summed E-state index contributed by atoms with van der Waals surface area (Å²) in [5.41, 5.74) is 1.75. The molecule has 0 amide bonds. The highest BCUT2D eigenvalue weighted by Crippen LogP contribution is 2.35. The minimum atomic E-state index is 0.424. The number of carbonyl (C=O) groups excluding carboxylic acids is 1. The molecule has 0 N–H and O–H groups in total. The van der Waals surface area contributed by atoms with E-state index in [-0.39, 0.29) is 0 Å². The monoisotopic (exact) mass is 152 g/mol. The second-order valence-corrected chi connectivity index (χ2v) is 4.11. The molecule has 0 aromatic carbocycles. The van der Waals surface area contributed by atoms with Gasteiger partial charge in [0.15, 0.2) is 0 Å². The summed E-state index contributed by atoms with van der Waals surface area (Å²) in [5, 5.41) is 0. The van der Waals surface area contributed by atoms with Gasteiger partial charge in [-0.15, -0.1) is 0 Å². The zero-order chi connectivity index (χ0) is 8.32. The minimum Gasteiger partial charge on any atom is -0.303 e. The smallest absolute Gasteiger partial charge is 0.124 e. The predicted octanol–water partition coefficient (Wildman–Crippen LogP) is 2.71. The van der Waals surface area contributed by atoms with Gasteiger partial charge in [-0.05, 0) is 24.7 Å². The quantitative estimate of drug-likeness (QED) is 0.439. The molecule has 0 unspecified atom stereocenters. The first kappa shape index (κ1) is 8.51. The molecule has 0 spiro atoms. The summed E-state index contributed by atoms with van der Waals surface area (Å²) in [5.74, 6) is 0. The lowest BCUT2D eigenvalue weighted by Crippen LogP contribution is -2.15. The lowest BCUT2D eigenvalue weighted by atomic mass is 9.77. The first-order chi connectivity index (χ1) is 5.14. The largest absolute Gasteiger partial charge is 0.303 e. The Morgan fingerprint density at radius 3 is 2.91 bits per heavy atom. The average molecular weight is 152 g/mol. The SMILES string of the molecule is CC1(C)CCC=C(CC=O)C1. The fourth-order valence-electron chi connectivity index (χ4n) is 1.70. The third-order valence-electron chi connectivity index (χ3n) is 2.31. The first-order valence-electron chi connectivity index (χ1n) is 4.26. The van der Waals surface area contributed by atoms with Crippen molar-refractivity contribution in [3.8, 4) is 0 Å². The molecule has 0 aromatic rings. The van der Waals surface area contributed by atoms with E-state index in [9.17, 15) is 4.79 Å². The Morgan fingerprint density at radius 2 is 2.36 bits per heavy atom. The van der Waals surface area contributed by atoms with Gasteiger partial charge < -0.3 is 4.79 Å². The molecule has 1 heteroatoms. The number of rotatable bonds is 2. The molecule has 0 atom stereocenters. The summed E-state index contributed by atoms with van der Waals surface area (Å²) >= 11 is 0. The maximum Gasteiger partial charge on any atom is 0.124 e. The van der Waals surface area contributed by atoms with Gasteiger partial charge in [-0.2, -0.15) is 0 Å². The van der Waals surface area contributed by atoms with Crippen molar-refractivity contribution in [1.29, 1.82) is 0 Å². The Hall–Kier alpha value is -0.590. The van der Waals surface area contributed by atoms with E-state index in [1.807, 2.05) is 0 Å². The van der Waals surface area contributed by atoms with Crippen molar-refractivity contribution in [2.24, 2.45) is 5.41 Å². The van der Waals surface area contributed by atoms with Gasteiger partial charge in [0.1, 0.15) is 6.29 Å². The predicted molar refractivity (Wildman–Crippen MR) is 46.4 cm³/mol. The number of carbonyl (C=O) groups is 1. The van der Waals surface area contributed by atoms with Gasteiger partial charge in [0.05, 0.1) is 0 Å². The molecule has 0 saturated carbocycles. The van der Waals surface area contributed by atoms with Crippen LogP contribution in [0, 0.1) is 5.41 Å². The second-order valence-electron chi connectivity index (χ2n) is 4.11. The van der Waals surface area contributed by atoms with Crippen LogP contribution in [0.15, 0.2) is 11.6 Å². The van der Waals surface area contributed by atoms with Crippen LogP contribution in [0.1, 0.15) is 39.5 Å². The van der Waals surface area contributed by atoms with Crippen LogP contribution in [-0.2, 0) is 4.79 Å². The number of aldehydes is 1. The average Bonchev–Trinajstić information content (AvgIpc) is 1.85. The maximum atomic E-state index is 10.2. The zero-order valence-corrected chi connectivity index (χ0v) is 7.39. The first-order valence-corrected chi connectivity index (χ1v) is 4.26. The van der Waals surface area contributed by atoms with Crippen LogP contribution < -0.4 is 0 Å². The van der Waals surface area contributed by atoms with E-state index in [2.05, 4.69) is 19.9 Å². The van der Waals surface area contributed by atoms with E-state index in [4.69, 9.17) is 0 Å². The van der Waals surface area contributed by atoms with E-state index in [1.165, 1.54) is 12.0 Å². The highest BCUT2D eigenvalue weighted by molar-refractivity contribution is 5.54. The fraction of sp³-hybridized carbons (Fsp3) is 0.700. The van der Waals surface area contributed by atoms with Gasteiger partial charge in [-0.3, -0.25) is 0 Å². The highest BCUT2D eigenvalue weighted by atomic mass is 16.1. The lowest BCUT2D eigenvalue weighted by molar-refractivity contribution is -0.107. The van der Waals surface area contributed by atoms with Crippen LogP contribution in [0.2, 0.25) is 0 Å². The molecule has 0 fully saturated rings. The Labute approximate surface area is 68.5 Å². The van der Waals surface area contributed by atoms with Crippen LogP contribution in [-0.4, -0.2) is 6.29 Å². The molecule has 0 aromatic heterocycles. The van der Waals surface area contributed by atoms with Crippen molar-refractivity contribution in [3.63, 3.8) is 0 Å². The minimum absolute atomic E-state index is 0.424. The van der Waals surface area contributed by atoms with Gasteiger partial charge in [0, 0.05) is 6.42 Å². The molecule has 0 aliphatic heterocycles. The topological polar surface area (TPSA) is 17.1 Å². The van der Waals surface area contributed by atoms with Gasteiger partial charge in [-0.25, -0.2) is 0 Å². The fourth-order valence-corrected chi connectivity index (χ4v) is 1.70. The molecule has 1 rings (SSSR count). The number of allylic oxidation sites excluding steroid dienone is 2. The molecule has 1 nitrogen and oxygen atoms in total. The van der Waals surface area contributed by atoms with E-state index < -0.39 is 0 Å². The Kier molecular flexibility index (Phi) is 2.48. The zero-order valence-electron chi connectivity index (χ0n) is 7.39. The van der Waals surface area contributed by atoms with E-state index in [0.29, 0.717) is 11.8 Å². The molecule has 11 heavy (non-hydrogen) atoms. The Morgan fingerprint density at radius 1 is 1.64 bits per heavy atom. The van der Waals surface area contributed by atoms with Gasteiger partial charge in [-0.1, -0.05) is 25.5 Å². The van der Waals surface area contributed by atoms with Crippen molar-refractivity contribution in [2.45, 2.75) is 39.5 Å². The standard InChI is InChI=1S/C10H16O/c1-10(2)6-3-4-9(8-10)5-7-11/h4,7H,3,5-6,8H2,1-2H3. The van der Waals surface area contributed by atoms with Gasteiger partial charge >= 0.3 is 0 Å². The molecule has 0 heterocycles. The highest BCUT2D eigenvalue weighted by Gasteiger charge is 2.21. The number of hydrogen-bond donors (Lipinski definition) is 0. The van der Waals surface area contributed by atoms with Crippen LogP contribution in [0.3, 0.4) is 0 Å². The molecule has 0 saturated heterocycles. The third kappa shape index (κ3) is 2.49. The van der Waals surface area contributed by atoms with Crippen LogP contribution in [0.25, 0.3) is 0 Å². The molecule has 1 aliphatic rings. The molecule has 0 radical (unpaired) electrons. The summed E-state index contributed by atoms with van der Waals surface area (Å²) in [6.07, 6.45) is 7.38. The van der Waals surface area contributed by atoms with E-state index >= 15 is 0 Å². The van der Waals surface area contributed by atoms with Crippen molar-refractivity contribution in [3.05, 3.63) is 11.6 Å². The summed E-state index contributed by atoms with van der Waals surface area (Å²) in [7, 11) is 0. The lowest BCUT2D eigenvalue weighted by Gasteiger charge is -2.29. The second kappa shape index (κ2) is 3.21. The summed E-state index contributed by atoms with van der Waals surface area (Å²) in [6.45, 7) is 4.54. The Bertz CT molecular complexity index is 177. The normalized spacial score (nSPS) is 22.5. The third-order valence-corrected chi connectivity index (χ3v) is 2.31.